The summed E-state index contributed by atoms with van der Waals surface area (Å²) < 4.78 is 5.35. The molecule has 1 heterocycles. The highest BCUT2D eigenvalue weighted by Crippen LogP contribution is 2.29. The molecule has 2 N–H and O–H groups in total. The van der Waals surface area contributed by atoms with Crippen LogP contribution in [0.4, 0.5) is 0 Å². The van der Waals surface area contributed by atoms with Crippen LogP contribution >= 0.6 is 0 Å². The van der Waals surface area contributed by atoms with Crippen LogP contribution in [0.2, 0.25) is 0 Å². The Hall–Kier alpha value is -1.94. The fourth-order valence-electron chi connectivity index (χ4n) is 2.29. The molecule has 1 aromatic heterocycles. The first-order chi connectivity index (χ1) is 9.55. The molecule has 0 aliphatic rings. The van der Waals surface area contributed by atoms with Crippen molar-refractivity contribution in [3.63, 3.8) is 0 Å². The van der Waals surface area contributed by atoms with Gasteiger partial charge in [0.05, 0.1) is 12.8 Å². The molecule has 0 bridgehead atoms. The molecule has 4 heteroatoms. The lowest BCUT2D eigenvalue weighted by Gasteiger charge is -2.12. The number of aryl methyl sites for hydroxylation is 3. The van der Waals surface area contributed by atoms with E-state index < -0.39 is 0 Å². The third-order valence-electron chi connectivity index (χ3n) is 3.29. The second-order valence-electron chi connectivity index (χ2n) is 4.99. The Morgan fingerprint density at radius 1 is 1.05 bits per heavy atom. The van der Waals surface area contributed by atoms with Crippen molar-refractivity contribution in [2.75, 3.05) is 13.7 Å². The van der Waals surface area contributed by atoms with Crippen LogP contribution in [0.1, 0.15) is 22.6 Å². The van der Waals surface area contributed by atoms with Gasteiger partial charge in [0.15, 0.2) is 0 Å². The molecular formula is C16H21N3O. The van der Waals surface area contributed by atoms with E-state index in [2.05, 4.69) is 23.0 Å². The number of hydrogen-bond donors (Lipinski definition) is 1. The molecule has 2 rings (SSSR count). The molecule has 2 aromatic rings. The van der Waals surface area contributed by atoms with Crippen LogP contribution in [0.25, 0.3) is 11.3 Å². The maximum Gasteiger partial charge on any atom is 0.130 e. The van der Waals surface area contributed by atoms with Gasteiger partial charge in [0.2, 0.25) is 0 Å². The summed E-state index contributed by atoms with van der Waals surface area (Å²) in [6.07, 6.45) is 0.697. The third-order valence-corrected chi connectivity index (χ3v) is 3.29. The van der Waals surface area contributed by atoms with Crippen molar-refractivity contribution < 1.29 is 4.74 Å². The normalized spacial score (nSPS) is 10.7. The van der Waals surface area contributed by atoms with E-state index in [1.54, 1.807) is 7.11 Å². The lowest BCUT2D eigenvalue weighted by Crippen LogP contribution is -2.08. The minimum absolute atomic E-state index is 0.559. The minimum Gasteiger partial charge on any atom is -0.496 e. The van der Waals surface area contributed by atoms with Crippen LogP contribution in [0.3, 0.4) is 0 Å². The highest BCUT2D eigenvalue weighted by molar-refractivity contribution is 5.66. The van der Waals surface area contributed by atoms with Gasteiger partial charge in [0.25, 0.3) is 0 Å². The van der Waals surface area contributed by atoms with Gasteiger partial charge >= 0.3 is 0 Å². The standard InChI is InChI=1S/C16H21N3O/c1-10-8-15(20-4)11(2)7-13(10)14-9-12(3)18-16(19-14)5-6-17/h7-9H,5-6,17H2,1-4H3. The number of aromatic nitrogens is 2. The Labute approximate surface area is 120 Å². The average Bonchev–Trinajstić information content (AvgIpc) is 2.40. The number of hydrogen-bond acceptors (Lipinski definition) is 4. The van der Waals surface area contributed by atoms with Crippen molar-refractivity contribution in [2.45, 2.75) is 27.2 Å². The van der Waals surface area contributed by atoms with Gasteiger partial charge in [-0.3, -0.25) is 0 Å². The van der Waals surface area contributed by atoms with E-state index in [1.807, 2.05) is 26.0 Å². The largest absolute Gasteiger partial charge is 0.496 e. The zero-order valence-electron chi connectivity index (χ0n) is 12.5. The maximum absolute atomic E-state index is 5.59. The quantitative estimate of drug-likeness (QED) is 0.928. The fourth-order valence-corrected chi connectivity index (χ4v) is 2.29. The highest BCUT2D eigenvalue weighted by atomic mass is 16.5. The number of benzene rings is 1. The van der Waals surface area contributed by atoms with Crippen molar-refractivity contribution >= 4 is 0 Å². The molecule has 0 aliphatic heterocycles. The lowest BCUT2D eigenvalue weighted by molar-refractivity contribution is 0.411. The number of methoxy groups -OCH3 is 1. The van der Waals surface area contributed by atoms with Crippen LogP contribution in [0, 0.1) is 20.8 Å². The van der Waals surface area contributed by atoms with Gasteiger partial charge in [-0.05, 0) is 56.6 Å². The van der Waals surface area contributed by atoms with Gasteiger partial charge in [-0.2, -0.15) is 0 Å². The maximum atomic E-state index is 5.59. The van der Waals surface area contributed by atoms with Gasteiger partial charge in [-0.1, -0.05) is 0 Å². The van der Waals surface area contributed by atoms with Gasteiger partial charge < -0.3 is 10.5 Å². The summed E-state index contributed by atoms with van der Waals surface area (Å²) in [4.78, 5) is 9.04. The molecule has 0 radical (unpaired) electrons. The van der Waals surface area contributed by atoms with E-state index in [1.165, 1.54) is 0 Å². The van der Waals surface area contributed by atoms with E-state index in [4.69, 9.17) is 10.5 Å². The fraction of sp³-hybridized carbons (Fsp3) is 0.375. The van der Waals surface area contributed by atoms with Gasteiger partial charge in [-0.15, -0.1) is 0 Å². The Balaban J connectivity index is 2.53. The first-order valence-electron chi connectivity index (χ1n) is 6.75. The average molecular weight is 271 g/mol. The molecule has 0 aliphatic carbocycles. The topological polar surface area (TPSA) is 61.0 Å². The van der Waals surface area contributed by atoms with E-state index in [9.17, 15) is 0 Å². The van der Waals surface area contributed by atoms with Gasteiger partial charge in [0, 0.05) is 17.7 Å². The molecular weight excluding hydrogens is 250 g/mol. The second-order valence-corrected chi connectivity index (χ2v) is 4.99. The van der Waals surface area contributed by atoms with Crippen molar-refractivity contribution in [1.29, 1.82) is 0 Å². The molecule has 0 atom stereocenters. The summed E-state index contributed by atoms with van der Waals surface area (Å²) in [5.74, 6) is 1.70. The Morgan fingerprint density at radius 3 is 2.45 bits per heavy atom. The Morgan fingerprint density at radius 2 is 1.80 bits per heavy atom. The molecule has 0 spiro atoms. The van der Waals surface area contributed by atoms with Crippen LogP contribution in [0.5, 0.6) is 5.75 Å². The minimum atomic E-state index is 0.559. The smallest absolute Gasteiger partial charge is 0.130 e. The van der Waals surface area contributed by atoms with Crippen LogP contribution in [0.15, 0.2) is 18.2 Å². The summed E-state index contributed by atoms with van der Waals surface area (Å²) in [6.45, 7) is 6.65. The first-order valence-corrected chi connectivity index (χ1v) is 6.75. The second kappa shape index (κ2) is 6.01. The van der Waals surface area contributed by atoms with Crippen molar-refractivity contribution in [3.8, 4) is 17.0 Å². The highest BCUT2D eigenvalue weighted by Gasteiger charge is 2.10. The SMILES string of the molecule is COc1cc(C)c(-c2cc(C)nc(CCN)n2)cc1C. The number of nitrogens with zero attached hydrogens (tertiary/aromatic N) is 2. The van der Waals surface area contributed by atoms with E-state index in [-0.39, 0.29) is 0 Å². The zero-order valence-corrected chi connectivity index (χ0v) is 12.5. The molecule has 0 unspecified atom stereocenters. The third kappa shape index (κ3) is 2.96. The van der Waals surface area contributed by atoms with Crippen molar-refractivity contribution in [2.24, 2.45) is 5.73 Å². The number of nitrogens with two attached hydrogens (primary N) is 1. The van der Waals surface area contributed by atoms with Crippen LogP contribution < -0.4 is 10.5 Å². The van der Waals surface area contributed by atoms with E-state index in [0.29, 0.717) is 13.0 Å². The summed E-state index contributed by atoms with van der Waals surface area (Å²) in [7, 11) is 1.69. The molecule has 106 valence electrons. The predicted octanol–water partition coefficient (Wildman–Crippen LogP) is 2.58. The molecule has 0 saturated heterocycles. The number of rotatable bonds is 4. The Bertz CT molecular complexity index is 623. The van der Waals surface area contributed by atoms with E-state index >= 15 is 0 Å². The molecule has 0 amide bonds. The summed E-state index contributed by atoms with van der Waals surface area (Å²) in [5.41, 5.74) is 10.9. The van der Waals surface area contributed by atoms with Crippen LogP contribution in [-0.2, 0) is 6.42 Å². The lowest BCUT2D eigenvalue weighted by atomic mass is 10.0. The molecule has 4 nitrogen and oxygen atoms in total. The van der Waals surface area contributed by atoms with Crippen molar-refractivity contribution in [1.82, 2.24) is 9.97 Å². The van der Waals surface area contributed by atoms with Crippen molar-refractivity contribution in [3.05, 3.63) is 40.8 Å². The summed E-state index contributed by atoms with van der Waals surface area (Å²) in [6, 6.07) is 6.17. The molecule has 0 fully saturated rings. The molecule has 1 aromatic carbocycles. The first kappa shape index (κ1) is 14.5. The predicted molar refractivity (Wildman–Crippen MR) is 81.0 cm³/mol. The zero-order chi connectivity index (χ0) is 14.7. The molecule has 20 heavy (non-hydrogen) atoms. The van der Waals surface area contributed by atoms with Gasteiger partial charge in [-0.25, -0.2) is 9.97 Å². The monoisotopic (exact) mass is 271 g/mol. The number of ether oxygens (including phenoxy) is 1. The van der Waals surface area contributed by atoms with Crippen LogP contribution in [-0.4, -0.2) is 23.6 Å². The summed E-state index contributed by atoms with van der Waals surface area (Å²) in [5, 5.41) is 0. The molecule has 0 saturated carbocycles. The Kier molecular flexibility index (Phi) is 4.35. The van der Waals surface area contributed by atoms with E-state index in [0.717, 1.165) is 39.7 Å². The van der Waals surface area contributed by atoms with Gasteiger partial charge in [0.1, 0.15) is 11.6 Å². The summed E-state index contributed by atoms with van der Waals surface area (Å²) >= 11 is 0.